The number of carbonyl (C=O) groups excluding carboxylic acids is 1. The van der Waals surface area contributed by atoms with Crippen molar-refractivity contribution in [1.82, 2.24) is 10.5 Å². The second kappa shape index (κ2) is 4.20. The van der Waals surface area contributed by atoms with Crippen molar-refractivity contribution in [2.45, 2.75) is 32.7 Å². The van der Waals surface area contributed by atoms with Gasteiger partial charge in [0, 0.05) is 5.92 Å². The van der Waals surface area contributed by atoms with Crippen molar-refractivity contribution in [3.8, 4) is 0 Å². The number of rotatable bonds is 4. The van der Waals surface area contributed by atoms with Crippen LogP contribution >= 0.6 is 0 Å². The van der Waals surface area contributed by atoms with Crippen LogP contribution in [0, 0.1) is 12.8 Å². The molecule has 2 rings (SSSR count). The molecule has 0 radical (unpaired) electrons. The molecular weight excluding hydrogens is 224 g/mol. The number of carboxylic acids is 1. The van der Waals surface area contributed by atoms with Gasteiger partial charge in [-0.3, -0.25) is 4.79 Å². The van der Waals surface area contributed by atoms with Crippen LogP contribution in [-0.4, -0.2) is 22.1 Å². The molecule has 1 unspecified atom stereocenters. The molecule has 0 spiro atoms. The number of amides is 1. The Kier molecular flexibility index (Phi) is 2.87. The van der Waals surface area contributed by atoms with E-state index in [1.54, 1.807) is 13.8 Å². The zero-order valence-electron chi connectivity index (χ0n) is 9.69. The van der Waals surface area contributed by atoms with E-state index in [1.165, 1.54) is 0 Å². The van der Waals surface area contributed by atoms with Crippen LogP contribution in [0.25, 0.3) is 0 Å². The Hall–Kier alpha value is -1.85. The third-order valence-corrected chi connectivity index (χ3v) is 2.80. The summed E-state index contributed by atoms with van der Waals surface area (Å²) in [5.41, 5.74) is 0.355. The SMILES string of the molecule is Cc1noc(C(C)NC(=O)C2CC2)c1C(=O)O. The molecule has 0 bridgehead atoms. The van der Waals surface area contributed by atoms with E-state index < -0.39 is 12.0 Å². The summed E-state index contributed by atoms with van der Waals surface area (Å²) in [5, 5.41) is 15.4. The normalized spacial score (nSPS) is 16.6. The van der Waals surface area contributed by atoms with E-state index in [2.05, 4.69) is 10.5 Å². The van der Waals surface area contributed by atoms with E-state index in [1.807, 2.05) is 0 Å². The smallest absolute Gasteiger partial charge is 0.341 e. The highest BCUT2D eigenvalue weighted by molar-refractivity contribution is 5.90. The summed E-state index contributed by atoms with van der Waals surface area (Å²) in [6.07, 6.45) is 1.81. The molecule has 0 saturated heterocycles. The second-order valence-corrected chi connectivity index (χ2v) is 4.32. The minimum atomic E-state index is -1.09. The predicted octanol–water partition coefficient (Wildman–Crippen LogP) is 1.27. The second-order valence-electron chi connectivity index (χ2n) is 4.32. The van der Waals surface area contributed by atoms with Crippen LogP contribution in [0.3, 0.4) is 0 Å². The van der Waals surface area contributed by atoms with Crippen molar-refractivity contribution >= 4 is 11.9 Å². The number of carbonyl (C=O) groups is 2. The van der Waals surface area contributed by atoms with Crippen LogP contribution in [-0.2, 0) is 4.79 Å². The number of nitrogens with one attached hydrogen (secondary N) is 1. The van der Waals surface area contributed by atoms with Gasteiger partial charge in [-0.1, -0.05) is 5.16 Å². The first-order valence-corrected chi connectivity index (χ1v) is 5.50. The summed E-state index contributed by atoms with van der Waals surface area (Å²) >= 11 is 0. The quantitative estimate of drug-likeness (QED) is 0.824. The zero-order chi connectivity index (χ0) is 12.6. The van der Waals surface area contributed by atoms with Crippen molar-refractivity contribution in [3.05, 3.63) is 17.0 Å². The lowest BCUT2D eigenvalue weighted by Gasteiger charge is -2.11. The molecule has 1 aliphatic carbocycles. The molecule has 1 heterocycles. The van der Waals surface area contributed by atoms with Gasteiger partial charge in [0.1, 0.15) is 5.56 Å². The van der Waals surface area contributed by atoms with Gasteiger partial charge >= 0.3 is 5.97 Å². The molecule has 1 amide bonds. The van der Waals surface area contributed by atoms with Gasteiger partial charge in [0.2, 0.25) is 5.91 Å². The summed E-state index contributed by atoms with van der Waals surface area (Å²) < 4.78 is 4.97. The number of aryl methyl sites for hydroxylation is 1. The maximum atomic E-state index is 11.6. The van der Waals surface area contributed by atoms with Crippen molar-refractivity contribution < 1.29 is 19.2 Å². The molecule has 1 atom stereocenters. The van der Waals surface area contributed by atoms with Crippen molar-refractivity contribution in [2.24, 2.45) is 5.92 Å². The molecule has 2 N–H and O–H groups in total. The van der Waals surface area contributed by atoms with Gasteiger partial charge in [0.15, 0.2) is 5.76 Å². The average Bonchev–Trinajstić information content (AvgIpc) is 3.01. The Morgan fingerprint density at radius 2 is 2.18 bits per heavy atom. The van der Waals surface area contributed by atoms with Crippen LogP contribution in [0.1, 0.15) is 47.6 Å². The van der Waals surface area contributed by atoms with Crippen LogP contribution in [0.4, 0.5) is 0 Å². The summed E-state index contributed by atoms with van der Waals surface area (Å²) in [5.74, 6) is -0.868. The number of aromatic nitrogens is 1. The fraction of sp³-hybridized carbons (Fsp3) is 0.545. The lowest BCUT2D eigenvalue weighted by Crippen LogP contribution is -2.28. The summed E-state index contributed by atoms with van der Waals surface area (Å²) in [7, 11) is 0. The number of hydrogen-bond donors (Lipinski definition) is 2. The van der Waals surface area contributed by atoms with Gasteiger partial charge in [-0.15, -0.1) is 0 Å². The number of carboxylic acid groups (broad SMARTS) is 1. The molecule has 1 saturated carbocycles. The van der Waals surface area contributed by atoms with E-state index in [0.29, 0.717) is 5.69 Å². The van der Waals surface area contributed by atoms with Crippen LogP contribution in [0.5, 0.6) is 0 Å². The number of hydrogen-bond acceptors (Lipinski definition) is 4. The Labute approximate surface area is 98.0 Å². The minimum absolute atomic E-state index is 0.0357. The first-order valence-electron chi connectivity index (χ1n) is 5.50. The lowest BCUT2D eigenvalue weighted by atomic mass is 10.1. The van der Waals surface area contributed by atoms with Crippen molar-refractivity contribution in [3.63, 3.8) is 0 Å². The molecule has 17 heavy (non-hydrogen) atoms. The highest BCUT2D eigenvalue weighted by atomic mass is 16.5. The fourth-order valence-electron chi connectivity index (χ4n) is 1.69. The summed E-state index contributed by atoms with van der Waals surface area (Å²) in [6.45, 7) is 3.25. The van der Waals surface area contributed by atoms with E-state index in [9.17, 15) is 9.59 Å². The molecule has 1 aromatic heterocycles. The highest BCUT2D eigenvalue weighted by Gasteiger charge is 2.32. The standard InChI is InChI=1S/C11H14N2O4/c1-5-8(11(15)16)9(17-13-5)6(2)12-10(14)7-3-4-7/h6-7H,3-4H2,1-2H3,(H,12,14)(H,15,16). The zero-order valence-corrected chi connectivity index (χ0v) is 9.69. The maximum Gasteiger partial charge on any atom is 0.341 e. The number of nitrogens with zero attached hydrogens (tertiary/aromatic N) is 1. The average molecular weight is 238 g/mol. The molecule has 92 valence electrons. The van der Waals surface area contributed by atoms with E-state index >= 15 is 0 Å². The van der Waals surface area contributed by atoms with Gasteiger partial charge in [-0.25, -0.2) is 4.79 Å². The first-order chi connectivity index (χ1) is 8.00. The van der Waals surface area contributed by atoms with Gasteiger partial charge in [-0.05, 0) is 26.7 Å². The Morgan fingerprint density at radius 3 is 2.71 bits per heavy atom. The van der Waals surface area contributed by atoms with Crippen LogP contribution in [0.2, 0.25) is 0 Å². The van der Waals surface area contributed by atoms with Gasteiger partial charge in [-0.2, -0.15) is 0 Å². The molecule has 1 fully saturated rings. The van der Waals surface area contributed by atoms with Gasteiger partial charge < -0.3 is 14.9 Å². The van der Waals surface area contributed by atoms with Gasteiger partial charge in [0.25, 0.3) is 0 Å². The van der Waals surface area contributed by atoms with Crippen LogP contribution in [0.15, 0.2) is 4.52 Å². The first kappa shape index (κ1) is 11.6. The fourth-order valence-corrected chi connectivity index (χ4v) is 1.69. The monoisotopic (exact) mass is 238 g/mol. The largest absolute Gasteiger partial charge is 0.477 e. The molecule has 0 aromatic carbocycles. The minimum Gasteiger partial charge on any atom is -0.477 e. The highest BCUT2D eigenvalue weighted by Crippen LogP contribution is 2.30. The summed E-state index contributed by atoms with van der Waals surface area (Å²) in [6, 6.07) is -0.476. The van der Waals surface area contributed by atoms with Crippen molar-refractivity contribution in [1.29, 1.82) is 0 Å². The number of aromatic carboxylic acids is 1. The predicted molar refractivity (Wildman–Crippen MR) is 57.5 cm³/mol. The molecule has 1 aliphatic rings. The van der Waals surface area contributed by atoms with Crippen molar-refractivity contribution in [2.75, 3.05) is 0 Å². The lowest BCUT2D eigenvalue weighted by molar-refractivity contribution is -0.123. The van der Waals surface area contributed by atoms with Gasteiger partial charge in [0.05, 0.1) is 11.7 Å². The van der Waals surface area contributed by atoms with E-state index in [-0.39, 0.29) is 23.1 Å². The molecule has 6 nitrogen and oxygen atoms in total. The molecule has 1 aromatic rings. The molecular formula is C11H14N2O4. The maximum absolute atomic E-state index is 11.6. The third-order valence-electron chi connectivity index (χ3n) is 2.80. The summed E-state index contributed by atoms with van der Waals surface area (Å²) in [4.78, 5) is 22.6. The molecule has 6 heteroatoms. The Balaban J connectivity index is 2.15. The topological polar surface area (TPSA) is 92.4 Å². The molecule has 0 aliphatic heterocycles. The van der Waals surface area contributed by atoms with E-state index in [4.69, 9.17) is 9.63 Å². The van der Waals surface area contributed by atoms with Crippen LogP contribution < -0.4 is 5.32 Å². The van der Waals surface area contributed by atoms with E-state index in [0.717, 1.165) is 12.8 Å². The third kappa shape index (κ3) is 2.30. The Morgan fingerprint density at radius 1 is 1.53 bits per heavy atom. The Bertz CT molecular complexity index is 462.